The molecule has 3 aliphatic heterocycles. The van der Waals surface area contributed by atoms with Gasteiger partial charge in [-0.2, -0.15) is 0 Å². The zero-order valence-electron chi connectivity index (χ0n) is 40.2. The minimum Gasteiger partial charge on any atom is -0.335 e. The van der Waals surface area contributed by atoms with Crippen LogP contribution in [0, 0.1) is 0 Å². The molecule has 1 fully saturated rings. The van der Waals surface area contributed by atoms with Gasteiger partial charge in [0.2, 0.25) is 0 Å². The van der Waals surface area contributed by atoms with E-state index in [1.807, 2.05) is 0 Å². The fraction of sp³-hybridized carbons (Fsp3) is 0.121. The second-order valence-electron chi connectivity index (χ2n) is 20.4. The second kappa shape index (κ2) is 16.1. The average Bonchev–Trinajstić information content (AvgIpc) is 3.65. The Morgan fingerprint density at radius 2 is 0.972 bits per heavy atom. The summed E-state index contributed by atoms with van der Waals surface area (Å²) in [6.45, 7) is 5.16. The lowest BCUT2D eigenvalue weighted by molar-refractivity contribution is 0.195. The molecule has 2 atom stereocenters. The van der Waals surface area contributed by atoms with Gasteiger partial charge in [-0.25, -0.2) is 0 Å². The summed E-state index contributed by atoms with van der Waals surface area (Å²) in [6.07, 6.45) is 4.79. The van der Waals surface area contributed by atoms with Crippen molar-refractivity contribution in [2.24, 2.45) is 0 Å². The number of hydrogen-bond donors (Lipinski definition) is 0. The highest BCUT2D eigenvalue weighted by Gasteiger charge is 2.61. The topological polar surface area (TPSA) is 13.0 Å². The van der Waals surface area contributed by atoms with Crippen molar-refractivity contribution in [3.8, 4) is 11.1 Å². The van der Waals surface area contributed by atoms with Crippen molar-refractivity contribution in [2.75, 3.05) is 19.6 Å². The molecule has 0 amide bonds. The fourth-order valence-corrected chi connectivity index (χ4v) is 13.2. The first-order chi connectivity index (χ1) is 35.0. The van der Waals surface area contributed by atoms with Gasteiger partial charge < -0.3 is 19.6 Å². The van der Waals surface area contributed by atoms with Crippen molar-refractivity contribution in [1.82, 2.24) is 0 Å². The maximum Gasteiger partial charge on any atom is 0.252 e. The van der Waals surface area contributed by atoms with Crippen molar-refractivity contribution in [1.29, 1.82) is 0 Å². The van der Waals surface area contributed by atoms with Crippen LogP contribution in [0.2, 0.25) is 0 Å². The summed E-state index contributed by atoms with van der Waals surface area (Å²) in [7, 11) is 0. The van der Waals surface area contributed by atoms with E-state index in [0.717, 1.165) is 46.2 Å². The maximum atomic E-state index is 2.84. The van der Waals surface area contributed by atoms with E-state index in [0.29, 0.717) is 0 Å². The Morgan fingerprint density at radius 3 is 1.69 bits per heavy atom. The largest absolute Gasteiger partial charge is 0.335 e. The lowest BCUT2D eigenvalue weighted by atomic mass is 9.33. The molecule has 0 spiro atoms. The predicted molar refractivity (Wildman–Crippen MR) is 301 cm³/mol. The molecule has 4 nitrogen and oxygen atoms in total. The van der Waals surface area contributed by atoms with Crippen LogP contribution < -0.4 is 36.0 Å². The molecule has 1 saturated carbocycles. The normalized spacial score (nSPS) is 18.1. The highest BCUT2D eigenvalue weighted by molar-refractivity contribution is 7.00. The monoisotopic (exact) mass is 912 g/mol. The number of rotatable bonds is 8. The number of benzene rings is 10. The van der Waals surface area contributed by atoms with Crippen LogP contribution in [-0.2, 0) is 5.41 Å². The summed E-state index contributed by atoms with van der Waals surface area (Å²) in [4.78, 5) is 10.3. The molecule has 0 radical (unpaired) electrons. The zero-order valence-corrected chi connectivity index (χ0v) is 40.2. The summed E-state index contributed by atoms with van der Waals surface area (Å²) in [5.74, 6) is 0. The van der Waals surface area contributed by atoms with Gasteiger partial charge in [0.15, 0.2) is 0 Å². The molecule has 340 valence electrons. The first-order valence-corrected chi connectivity index (χ1v) is 25.4. The number of para-hydroxylation sites is 5. The lowest BCUT2D eigenvalue weighted by Gasteiger charge is -2.53. The van der Waals surface area contributed by atoms with Crippen LogP contribution in [0.15, 0.2) is 237 Å². The second-order valence-corrected chi connectivity index (χ2v) is 20.4. The lowest BCUT2D eigenvalue weighted by Crippen LogP contribution is -2.64. The Labute approximate surface area is 417 Å². The van der Waals surface area contributed by atoms with Gasteiger partial charge in [0.25, 0.3) is 6.71 Å². The van der Waals surface area contributed by atoms with Gasteiger partial charge in [-0.1, -0.05) is 165 Å². The Balaban J connectivity index is 1.03. The molecule has 0 bridgehead atoms. The van der Waals surface area contributed by atoms with E-state index in [9.17, 15) is 0 Å². The summed E-state index contributed by atoms with van der Waals surface area (Å²) >= 11 is 0. The summed E-state index contributed by atoms with van der Waals surface area (Å²) in [5, 5.41) is 2.49. The summed E-state index contributed by atoms with van der Waals surface area (Å²) in [5.41, 5.74) is 20.9. The van der Waals surface area contributed by atoms with Crippen molar-refractivity contribution in [2.45, 2.75) is 50.5 Å². The third-order valence-electron chi connectivity index (χ3n) is 16.7. The molecule has 4 aliphatic rings. The molecule has 0 N–H and O–H groups in total. The van der Waals surface area contributed by atoms with E-state index >= 15 is 0 Å². The van der Waals surface area contributed by atoms with Crippen LogP contribution in [0.1, 0.15) is 45.1 Å². The fourth-order valence-electron chi connectivity index (χ4n) is 13.2. The first kappa shape index (κ1) is 41.7. The van der Waals surface area contributed by atoms with Gasteiger partial charge in [0, 0.05) is 62.3 Å². The molecule has 3 heterocycles. The molecule has 0 saturated heterocycles. The Kier molecular flexibility index (Phi) is 9.48. The van der Waals surface area contributed by atoms with E-state index in [-0.39, 0.29) is 17.7 Å². The molecule has 1 aliphatic carbocycles. The molecule has 14 rings (SSSR count). The van der Waals surface area contributed by atoms with Crippen LogP contribution in [0.5, 0.6) is 0 Å². The van der Waals surface area contributed by atoms with Crippen LogP contribution in [0.3, 0.4) is 0 Å². The van der Waals surface area contributed by atoms with E-state index in [1.165, 1.54) is 85.9 Å². The first-order valence-electron chi connectivity index (χ1n) is 25.4. The minimum absolute atomic E-state index is 0.00506. The van der Waals surface area contributed by atoms with E-state index in [2.05, 4.69) is 270 Å². The Hall–Kier alpha value is -8.28. The molecule has 2 unspecified atom stereocenters. The molecule has 10 aromatic rings. The highest BCUT2D eigenvalue weighted by Crippen LogP contribution is 2.62. The van der Waals surface area contributed by atoms with Crippen LogP contribution in [0.25, 0.3) is 21.9 Å². The third kappa shape index (κ3) is 6.31. The SMILES string of the molecule is CC12CCCCC1(C)N1c3cc(N(c4ccccc4)c4ccccc4)cc4c3B(c3ccc(N(c5ccccc5)c5cccc(-c6ccc7ccccc7c6)c5)cc3N4c3ccccc3)c3cccc2c31. The summed E-state index contributed by atoms with van der Waals surface area (Å²) in [6, 6.07) is 87.9. The van der Waals surface area contributed by atoms with Gasteiger partial charge in [0.05, 0.1) is 11.2 Å². The zero-order chi connectivity index (χ0) is 47.3. The molecule has 10 aromatic carbocycles. The van der Waals surface area contributed by atoms with Crippen molar-refractivity contribution < 1.29 is 0 Å². The smallest absolute Gasteiger partial charge is 0.252 e. The standard InChI is InChI=1S/C66H53BN4/c1-65-39-17-18-40-66(65,2)71-62-45-56(68(50-24-7-3-8-25-50)51-26-9-4-10-27-51)44-61-63(62)67(59-34-20-33-57(65)64(59)71)58-38-37-55(43-60(58)70(61)53-30-13-6-14-31-53)69(52-28-11-5-12-29-52)54-32-19-23-48(42-54)49-36-35-46-21-15-16-22-47(46)41-49/h3-16,19-38,41-45H,17-18,39-40H2,1-2H3. The highest BCUT2D eigenvalue weighted by atomic mass is 15.3. The Morgan fingerprint density at radius 1 is 0.408 bits per heavy atom. The number of fused-ring (bicyclic) bond motifs is 8. The summed E-state index contributed by atoms with van der Waals surface area (Å²) < 4.78 is 0. The van der Waals surface area contributed by atoms with E-state index < -0.39 is 0 Å². The van der Waals surface area contributed by atoms with E-state index in [4.69, 9.17) is 0 Å². The molecule has 0 aromatic heterocycles. The molecule has 5 heteroatoms. The third-order valence-corrected chi connectivity index (χ3v) is 16.7. The van der Waals surface area contributed by atoms with E-state index in [1.54, 1.807) is 0 Å². The van der Waals surface area contributed by atoms with Gasteiger partial charge in [-0.3, -0.25) is 0 Å². The van der Waals surface area contributed by atoms with Gasteiger partial charge >= 0.3 is 0 Å². The van der Waals surface area contributed by atoms with Crippen LogP contribution in [0.4, 0.5) is 62.6 Å². The average molecular weight is 913 g/mol. The van der Waals surface area contributed by atoms with Crippen LogP contribution in [-0.4, -0.2) is 12.3 Å². The molecular weight excluding hydrogens is 860 g/mol. The van der Waals surface area contributed by atoms with Crippen molar-refractivity contribution in [3.63, 3.8) is 0 Å². The number of hydrogen-bond acceptors (Lipinski definition) is 4. The van der Waals surface area contributed by atoms with Gasteiger partial charge in [-0.05, 0) is 155 Å². The van der Waals surface area contributed by atoms with Gasteiger partial charge in [-0.15, -0.1) is 0 Å². The Bertz CT molecular complexity index is 3630. The molecule has 71 heavy (non-hydrogen) atoms. The predicted octanol–water partition coefficient (Wildman–Crippen LogP) is 15.8. The van der Waals surface area contributed by atoms with Crippen LogP contribution >= 0.6 is 0 Å². The van der Waals surface area contributed by atoms with Crippen molar-refractivity contribution in [3.05, 3.63) is 242 Å². The van der Waals surface area contributed by atoms with Crippen molar-refractivity contribution >= 4 is 96.4 Å². The van der Waals surface area contributed by atoms with Gasteiger partial charge in [0.1, 0.15) is 0 Å². The maximum absolute atomic E-state index is 2.84. The molecular formula is C66H53BN4. The minimum atomic E-state index is -0.106. The number of nitrogens with zero attached hydrogens (tertiary/aromatic N) is 4. The number of anilines is 11. The quantitative estimate of drug-likeness (QED) is 0.141.